The smallest absolute Gasteiger partial charge is 0.338 e. The van der Waals surface area contributed by atoms with Gasteiger partial charge in [-0.25, -0.2) is 9.48 Å². The minimum absolute atomic E-state index is 0.294. The van der Waals surface area contributed by atoms with Crippen LogP contribution in [-0.2, 0) is 16.1 Å². The van der Waals surface area contributed by atoms with E-state index < -0.39 is 12.1 Å². The number of nitrogens with zero attached hydrogens (tertiary/aromatic N) is 4. The standard InChI is InChI=1S/C19H19N5O4/c1-13(18(25)20-11-14-6-8-17(27-2)9-7-14)28-19(26)15-4-3-5-16(10-15)24-12-21-22-23-24/h3-10,12-13H,11H2,1-2H3,(H,20,25)/t13-/m1/s1. The van der Waals surface area contributed by atoms with Crippen LogP contribution in [0.4, 0.5) is 0 Å². The maximum Gasteiger partial charge on any atom is 0.338 e. The number of nitrogens with one attached hydrogen (secondary N) is 1. The first kappa shape index (κ1) is 19.0. The van der Waals surface area contributed by atoms with Crippen LogP contribution >= 0.6 is 0 Å². The van der Waals surface area contributed by atoms with Crippen LogP contribution in [0.1, 0.15) is 22.8 Å². The Morgan fingerprint density at radius 2 is 1.96 bits per heavy atom. The molecule has 0 aliphatic carbocycles. The lowest BCUT2D eigenvalue weighted by atomic mass is 10.2. The maximum atomic E-state index is 12.3. The summed E-state index contributed by atoms with van der Waals surface area (Å²) in [6, 6.07) is 13.9. The second kappa shape index (κ2) is 8.76. The Kier molecular flexibility index (Phi) is 5.95. The summed E-state index contributed by atoms with van der Waals surface area (Å²) in [5.74, 6) is -0.260. The molecule has 0 bridgehead atoms. The van der Waals surface area contributed by atoms with Crippen LogP contribution in [0, 0.1) is 0 Å². The SMILES string of the molecule is COc1ccc(CNC(=O)[C@@H](C)OC(=O)c2cccc(-n3cnnn3)c2)cc1. The number of ether oxygens (including phenoxy) is 2. The van der Waals surface area contributed by atoms with Crippen LogP contribution in [0.25, 0.3) is 5.69 Å². The lowest BCUT2D eigenvalue weighted by Gasteiger charge is -2.14. The fourth-order valence-corrected chi connectivity index (χ4v) is 2.41. The molecule has 2 aromatic carbocycles. The second-order valence-electron chi connectivity index (χ2n) is 5.92. The van der Waals surface area contributed by atoms with Gasteiger partial charge in [0, 0.05) is 6.54 Å². The van der Waals surface area contributed by atoms with Crippen LogP contribution in [0.2, 0.25) is 0 Å². The molecule has 1 heterocycles. The van der Waals surface area contributed by atoms with E-state index in [1.807, 2.05) is 24.3 Å². The van der Waals surface area contributed by atoms with Crippen molar-refractivity contribution in [3.8, 4) is 11.4 Å². The van der Waals surface area contributed by atoms with Crippen molar-refractivity contribution >= 4 is 11.9 Å². The van der Waals surface area contributed by atoms with E-state index >= 15 is 0 Å². The predicted molar refractivity (Wildman–Crippen MR) is 98.9 cm³/mol. The van der Waals surface area contributed by atoms with Gasteiger partial charge in [0.2, 0.25) is 0 Å². The molecule has 0 saturated heterocycles. The molecule has 0 aliphatic rings. The van der Waals surface area contributed by atoms with Crippen molar-refractivity contribution in [1.29, 1.82) is 0 Å². The maximum absolute atomic E-state index is 12.3. The first-order valence-corrected chi connectivity index (χ1v) is 8.52. The zero-order valence-electron chi connectivity index (χ0n) is 15.4. The molecular weight excluding hydrogens is 362 g/mol. The molecule has 0 saturated carbocycles. The Labute approximate surface area is 161 Å². The highest BCUT2D eigenvalue weighted by atomic mass is 16.5. The van der Waals surface area contributed by atoms with Gasteiger partial charge in [0.25, 0.3) is 5.91 Å². The Balaban J connectivity index is 1.56. The molecule has 1 atom stereocenters. The van der Waals surface area contributed by atoms with Crippen molar-refractivity contribution in [2.24, 2.45) is 0 Å². The molecule has 9 heteroatoms. The van der Waals surface area contributed by atoms with Gasteiger partial charge in [-0.1, -0.05) is 18.2 Å². The molecule has 1 N–H and O–H groups in total. The molecule has 3 aromatic rings. The van der Waals surface area contributed by atoms with E-state index in [1.165, 1.54) is 17.9 Å². The molecule has 9 nitrogen and oxygen atoms in total. The third-order valence-electron chi connectivity index (χ3n) is 3.97. The topological polar surface area (TPSA) is 108 Å². The van der Waals surface area contributed by atoms with Gasteiger partial charge < -0.3 is 14.8 Å². The Bertz CT molecular complexity index is 941. The van der Waals surface area contributed by atoms with Crippen LogP contribution < -0.4 is 10.1 Å². The first-order chi connectivity index (χ1) is 13.6. The number of benzene rings is 2. The number of amides is 1. The van der Waals surface area contributed by atoms with E-state index in [0.29, 0.717) is 17.8 Å². The van der Waals surface area contributed by atoms with Crippen molar-refractivity contribution in [1.82, 2.24) is 25.5 Å². The van der Waals surface area contributed by atoms with Crippen molar-refractivity contribution in [3.63, 3.8) is 0 Å². The van der Waals surface area contributed by atoms with Crippen molar-refractivity contribution < 1.29 is 19.1 Å². The summed E-state index contributed by atoms with van der Waals surface area (Å²) in [7, 11) is 1.59. The Hall–Kier alpha value is -3.75. The third kappa shape index (κ3) is 4.70. The predicted octanol–water partition coefficient (Wildman–Crippen LogP) is 1.53. The van der Waals surface area contributed by atoms with Gasteiger partial charge in [0.05, 0.1) is 18.4 Å². The summed E-state index contributed by atoms with van der Waals surface area (Å²) >= 11 is 0. The molecule has 3 rings (SSSR count). The fourth-order valence-electron chi connectivity index (χ4n) is 2.41. The van der Waals surface area contributed by atoms with Crippen molar-refractivity contribution in [3.05, 3.63) is 66.0 Å². The quantitative estimate of drug-likeness (QED) is 0.618. The van der Waals surface area contributed by atoms with Gasteiger partial charge in [0.15, 0.2) is 6.10 Å². The Morgan fingerprint density at radius 1 is 1.18 bits per heavy atom. The van der Waals surface area contributed by atoms with Gasteiger partial charge in [-0.15, -0.1) is 5.10 Å². The highest BCUT2D eigenvalue weighted by Gasteiger charge is 2.19. The van der Waals surface area contributed by atoms with E-state index in [1.54, 1.807) is 31.4 Å². The third-order valence-corrected chi connectivity index (χ3v) is 3.97. The van der Waals surface area contributed by atoms with Crippen LogP contribution in [0.5, 0.6) is 5.75 Å². The van der Waals surface area contributed by atoms with Crippen molar-refractivity contribution in [2.75, 3.05) is 7.11 Å². The zero-order valence-corrected chi connectivity index (χ0v) is 15.4. The molecule has 0 spiro atoms. The molecule has 0 radical (unpaired) electrons. The summed E-state index contributed by atoms with van der Waals surface area (Å²) < 4.78 is 11.8. The molecular formula is C19H19N5O4. The van der Waals surface area contributed by atoms with E-state index in [4.69, 9.17) is 9.47 Å². The number of carbonyl (C=O) groups excluding carboxylic acids is 2. The number of tetrazole rings is 1. The normalized spacial score (nSPS) is 11.5. The average Bonchev–Trinajstić information content (AvgIpc) is 3.27. The molecule has 0 fully saturated rings. The zero-order chi connectivity index (χ0) is 19.9. The summed E-state index contributed by atoms with van der Waals surface area (Å²) in [4.78, 5) is 24.6. The largest absolute Gasteiger partial charge is 0.497 e. The van der Waals surface area contributed by atoms with E-state index in [2.05, 4.69) is 20.8 Å². The summed E-state index contributed by atoms with van der Waals surface area (Å²) in [5.41, 5.74) is 1.81. The molecule has 0 unspecified atom stereocenters. The monoisotopic (exact) mass is 381 g/mol. The van der Waals surface area contributed by atoms with E-state index in [-0.39, 0.29) is 5.91 Å². The summed E-state index contributed by atoms with van der Waals surface area (Å²) in [6.07, 6.45) is 0.474. The van der Waals surface area contributed by atoms with E-state index in [0.717, 1.165) is 11.3 Å². The van der Waals surface area contributed by atoms with Gasteiger partial charge in [-0.05, 0) is 53.2 Å². The number of methoxy groups -OCH3 is 1. The van der Waals surface area contributed by atoms with Gasteiger partial charge in [-0.2, -0.15) is 0 Å². The first-order valence-electron chi connectivity index (χ1n) is 8.52. The highest BCUT2D eigenvalue weighted by molar-refractivity contribution is 5.92. The second-order valence-corrected chi connectivity index (χ2v) is 5.92. The fraction of sp³-hybridized carbons (Fsp3) is 0.211. The van der Waals surface area contributed by atoms with Gasteiger partial charge in [0.1, 0.15) is 12.1 Å². The molecule has 1 aromatic heterocycles. The van der Waals surface area contributed by atoms with Crippen LogP contribution in [0.15, 0.2) is 54.9 Å². The molecule has 144 valence electrons. The number of hydrogen-bond donors (Lipinski definition) is 1. The molecule has 1 amide bonds. The highest BCUT2D eigenvalue weighted by Crippen LogP contribution is 2.12. The number of esters is 1. The van der Waals surface area contributed by atoms with E-state index in [9.17, 15) is 9.59 Å². The number of carbonyl (C=O) groups is 2. The van der Waals surface area contributed by atoms with Gasteiger partial charge in [-0.3, -0.25) is 4.79 Å². The molecule has 28 heavy (non-hydrogen) atoms. The minimum Gasteiger partial charge on any atom is -0.497 e. The number of hydrogen-bond acceptors (Lipinski definition) is 7. The average molecular weight is 381 g/mol. The lowest BCUT2D eigenvalue weighted by Crippen LogP contribution is -2.35. The number of aromatic nitrogens is 4. The summed E-state index contributed by atoms with van der Waals surface area (Å²) in [5, 5.41) is 13.6. The summed E-state index contributed by atoms with van der Waals surface area (Å²) in [6.45, 7) is 1.84. The van der Waals surface area contributed by atoms with Crippen LogP contribution in [-0.4, -0.2) is 45.3 Å². The van der Waals surface area contributed by atoms with Crippen molar-refractivity contribution in [2.45, 2.75) is 19.6 Å². The lowest BCUT2D eigenvalue weighted by molar-refractivity contribution is -0.129. The Morgan fingerprint density at radius 3 is 2.64 bits per heavy atom. The van der Waals surface area contributed by atoms with Gasteiger partial charge >= 0.3 is 5.97 Å². The van der Waals surface area contributed by atoms with Crippen LogP contribution in [0.3, 0.4) is 0 Å². The number of rotatable bonds is 7. The minimum atomic E-state index is -0.942. The molecule has 0 aliphatic heterocycles.